The summed E-state index contributed by atoms with van der Waals surface area (Å²) < 4.78 is 41.8. The fourth-order valence-electron chi connectivity index (χ4n) is 3.60. The zero-order valence-electron chi connectivity index (χ0n) is 17.6. The highest BCUT2D eigenvalue weighted by Gasteiger charge is 2.31. The van der Waals surface area contributed by atoms with Crippen molar-refractivity contribution in [3.63, 3.8) is 0 Å². The highest BCUT2D eigenvalue weighted by atomic mass is 32.2. The lowest BCUT2D eigenvalue weighted by molar-refractivity contribution is 0.0697. The van der Waals surface area contributed by atoms with Crippen molar-refractivity contribution < 1.29 is 17.6 Å². The minimum atomic E-state index is -3.73. The third kappa shape index (κ3) is 4.05. The number of carbonyl (C=O) groups is 1. The van der Waals surface area contributed by atoms with E-state index in [0.29, 0.717) is 11.2 Å². The van der Waals surface area contributed by atoms with E-state index in [4.69, 9.17) is 0 Å². The van der Waals surface area contributed by atoms with E-state index in [1.54, 1.807) is 23.2 Å². The molecule has 0 atom stereocenters. The molecule has 0 aliphatic carbocycles. The molecule has 8 nitrogen and oxygen atoms in total. The van der Waals surface area contributed by atoms with Crippen molar-refractivity contribution in [2.75, 3.05) is 26.2 Å². The zero-order chi connectivity index (χ0) is 22.4. The molecular formula is C21H24FN5O3S. The first-order valence-corrected chi connectivity index (χ1v) is 11.4. The first-order chi connectivity index (χ1) is 14.6. The van der Waals surface area contributed by atoms with Crippen LogP contribution in [0.5, 0.6) is 0 Å². The summed E-state index contributed by atoms with van der Waals surface area (Å²) in [6.45, 7) is 6.97. The number of amides is 1. The molecule has 10 heteroatoms. The fraction of sp³-hybridized carbons (Fsp3) is 0.381. The number of piperazine rings is 1. The molecule has 1 saturated heterocycles. The molecule has 1 aliphatic rings. The Balaban J connectivity index is 1.50. The normalized spacial score (nSPS) is 16.1. The Kier molecular flexibility index (Phi) is 5.30. The lowest BCUT2D eigenvalue weighted by atomic mass is 9.96. The second kappa shape index (κ2) is 7.69. The van der Waals surface area contributed by atoms with E-state index in [9.17, 15) is 17.6 Å². The van der Waals surface area contributed by atoms with Gasteiger partial charge in [-0.05, 0) is 36.4 Å². The number of hydrogen-bond donors (Lipinski definition) is 0. The van der Waals surface area contributed by atoms with Gasteiger partial charge in [-0.2, -0.15) is 4.31 Å². The topological polar surface area (TPSA) is 87.9 Å². The smallest absolute Gasteiger partial charge is 0.255 e. The van der Waals surface area contributed by atoms with Crippen LogP contribution >= 0.6 is 0 Å². The summed E-state index contributed by atoms with van der Waals surface area (Å²) in [5.74, 6) is 0.0932. The zero-order valence-corrected chi connectivity index (χ0v) is 18.4. The van der Waals surface area contributed by atoms with Crippen molar-refractivity contribution in [1.29, 1.82) is 0 Å². The van der Waals surface area contributed by atoms with Crippen LogP contribution in [0, 0.1) is 5.82 Å². The number of rotatable bonds is 3. The number of halogens is 1. The summed E-state index contributed by atoms with van der Waals surface area (Å²) in [5, 5.41) is 8.40. The number of aromatic nitrogens is 3. The van der Waals surface area contributed by atoms with E-state index in [-0.39, 0.29) is 42.4 Å². The Hall–Kier alpha value is -2.85. The molecule has 1 aliphatic heterocycles. The van der Waals surface area contributed by atoms with Gasteiger partial charge in [0.1, 0.15) is 11.6 Å². The predicted molar refractivity (Wildman–Crippen MR) is 113 cm³/mol. The van der Waals surface area contributed by atoms with Crippen molar-refractivity contribution in [3.8, 4) is 0 Å². The molecule has 1 amide bonds. The third-order valence-electron chi connectivity index (χ3n) is 5.30. The number of sulfonamides is 1. The van der Waals surface area contributed by atoms with Crippen LogP contribution in [0.1, 0.15) is 37.0 Å². The van der Waals surface area contributed by atoms with Gasteiger partial charge in [0.25, 0.3) is 5.91 Å². The van der Waals surface area contributed by atoms with Gasteiger partial charge >= 0.3 is 0 Å². The first-order valence-electron chi connectivity index (χ1n) is 9.98. The summed E-state index contributed by atoms with van der Waals surface area (Å²) in [5.41, 5.74) is 0.922. The Morgan fingerprint density at radius 3 is 2.23 bits per heavy atom. The molecule has 0 N–H and O–H groups in total. The predicted octanol–water partition coefficient (Wildman–Crippen LogP) is 2.31. The Bertz CT molecular complexity index is 1220. The Morgan fingerprint density at radius 1 is 0.968 bits per heavy atom. The van der Waals surface area contributed by atoms with Crippen LogP contribution in [-0.4, -0.2) is 64.3 Å². The van der Waals surface area contributed by atoms with Crippen molar-refractivity contribution in [2.24, 2.45) is 0 Å². The quantitative estimate of drug-likeness (QED) is 0.617. The summed E-state index contributed by atoms with van der Waals surface area (Å²) in [7, 11) is -3.73. The summed E-state index contributed by atoms with van der Waals surface area (Å²) in [6, 6.07) is 8.22. The minimum absolute atomic E-state index is 0.0430. The van der Waals surface area contributed by atoms with Gasteiger partial charge in [0.05, 0.1) is 10.5 Å². The number of carbonyl (C=O) groups excluding carboxylic acids is 1. The van der Waals surface area contributed by atoms with E-state index in [0.717, 1.165) is 18.0 Å². The Morgan fingerprint density at radius 2 is 1.61 bits per heavy atom. The van der Waals surface area contributed by atoms with Crippen LogP contribution in [0.25, 0.3) is 5.65 Å². The summed E-state index contributed by atoms with van der Waals surface area (Å²) in [6.07, 6.45) is 1.74. The largest absolute Gasteiger partial charge is 0.336 e. The van der Waals surface area contributed by atoms with Crippen LogP contribution in [0.3, 0.4) is 0 Å². The maximum atomic E-state index is 13.1. The summed E-state index contributed by atoms with van der Waals surface area (Å²) in [4.78, 5) is 14.7. The molecule has 0 radical (unpaired) electrons. The molecule has 2 aromatic heterocycles. The molecule has 0 spiro atoms. The van der Waals surface area contributed by atoms with Crippen molar-refractivity contribution in [2.45, 2.75) is 31.1 Å². The van der Waals surface area contributed by atoms with E-state index in [1.165, 1.54) is 16.4 Å². The van der Waals surface area contributed by atoms with Gasteiger partial charge < -0.3 is 4.90 Å². The number of hydrogen-bond acceptors (Lipinski definition) is 5. The highest BCUT2D eigenvalue weighted by Crippen LogP contribution is 2.22. The first kappa shape index (κ1) is 21.4. The van der Waals surface area contributed by atoms with Crippen molar-refractivity contribution in [1.82, 2.24) is 23.8 Å². The van der Waals surface area contributed by atoms with Crippen LogP contribution in [0.2, 0.25) is 0 Å². The van der Waals surface area contributed by atoms with E-state index >= 15 is 0 Å². The van der Waals surface area contributed by atoms with Gasteiger partial charge in [0.15, 0.2) is 5.65 Å². The third-order valence-corrected chi connectivity index (χ3v) is 7.21. The van der Waals surface area contributed by atoms with Gasteiger partial charge in [-0.3, -0.25) is 9.20 Å². The summed E-state index contributed by atoms with van der Waals surface area (Å²) >= 11 is 0. The van der Waals surface area contributed by atoms with E-state index < -0.39 is 15.8 Å². The number of fused-ring (bicyclic) bond motifs is 1. The number of nitrogens with zero attached hydrogens (tertiary/aromatic N) is 5. The van der Waals surface area contributed by atoms with Gasteiger partial charge in [0.2, 0.25) is 10.0 Å². The molecule has 0 unspecified atom stereocenters. The van der Waals surface area contributed by atoms with Gasteiger partial charge in [-0.1, -0.05) is 20.8 Å². The second-order valence-corrected chi connectivity index (χ2v) is 10.5. The van der Waals surface area contributed by atoms with Crippen molar-refractivity contribution >= 4 is 21.6 Å². The molecule has 1 fully saturated rings. The maximum absolute atomic E-state index is 13.1. The molecule has 4 rings (SSSR count). The molecule has 164 valence electrons. The van der Waals surface area contributed by atoms with Gasteiger partial charge in [0, 0.05) is 37.8 Å². The fourth-order valence-corrected chi connectivity index (χ4v) is 5.02. The average Bonchev–Trinajstić information content (AvgIpc) is 3.17. The van der Waals surface area contributed by atoms with E-state index in [1.807, 2.05) is 25.2 Å². The van der Waals surface area contributed by atoms with Crippen LogP contribution < -0.4 is 0 Å². The van der Waals surface area contributed by atoms with Crippen LogP contribution in [-0.2, 0) is 15.4 Å². The minimum Gasteiger partial charge on any atom is -0.336 e. The number of pyridine rings is 1. The standard InChI is InChI=1S/C21H24FN5O3S/c1-21(2,3)20-24-23-18-9-4-15(14-27(18)20)19(28)25-10-12-26(13-11-25)31(29,30)17-7-5-16(22)6-8-17/h4-9,14H,10-13H2,1-3H3. The molecule has 3 aromatic rings. The number of benzene rings is 1. The lowest BCUT2D eigenvalue weighted by Gasteiger charge is -2.34. The molecule has 3 heterocycles. The molecular weight excluding hydrogens is 421 g/mol. The molecule has 0 bridgehead atoms. The SMILES string of the molecule is CC(C)(C)c1nnc2ccc(C(=O)N3CCN(S(=O)(=O)c4ccc(F)cc4)CC3)cn12. The Labute approximate surface area is 180 Å². The lowest BCUT2D eigenvalue weighted by Crippen LogP contribution is -2.50. The average molecular weight is 446 g/mol. The molecule has 1 aromatic carbocycles. The van der Waals surface area contributed by atoms with E-state index in [2.05, 4.69) is 10.2 Å². The highest BCUT2D eigenvalue weighted by molar-refractivity contribution is 7.89. The molecule has 31 heavy (non-hydrogen) atoms. The van der Waals surface area contributed by atoms with Crippen LogP contribution in [0.15, 0.2) is 47.5 Å². The van der Waals surface area contributed by atoms with Gasteiger partial charge in [-0.15, -0.1) is 10.2 Å². The van der Waals surface area contributed by atoms with Crippen LogP contribution in [0.4, 0.5) is 4.39 Å². The second-order valence-electron chi connectivity index (χ2n) is 8.57. The monoisotopic (exact) mass is 445 g/mol. The maximum Gasteiger partial charge on any atom is 0.255 e. The molecule has 0 saturated carbocycles. The van der Waals surface area contributed by atoms with Crippen molar-refractivity contribution in [3.05, 3.63) is 59.8 Å². The van der Waals surface area contributed by atoms with Gasteiger partial charge in [-0.25, -0.2) is 12.8 Å².